The standard InChI is InChI=1S/C10H14.C2H4/c1-3-9-7-5-6-8-10(9)4-2;1-2/h5-8H,3-4H2,1-2H3;1-2H2. The second-order valence-corrected chi connectivity index (χ2v) is 2.48. The fraction of sp³-hybridized carbons (Fsp3) is 0.333. The maximum atomic E-state index is 3.00. The summed E-state index contributed by atoms with van der Waals surface area (Å²) in [5.41, 5.74) is 2.98. The molecule has 0 fully saturated rings. The third kappa shape index (κ3) is 2.91. The van der Waals surface area contributed by atoms with Crippen molar-refractivity contribution in [3.8, 4) is 0 Å². The molecule has 0 aromatic heterocycles. The van der Waals surface area contributed by atoms with Gasteiger partial charge in [0.05, 0.1) is 0 Å². The predicted molar refractivity (Wildman–Crippen MR) is 56.5 cm³/mol. The Bertz CT molecular complexity index is 190. The summed E-state index contributed by atoms with van der Waals surface area (Å²) < 4.78 is 0. The van der Waals surface area contributed by atoms with Gasteiger partial charge in [0.25, 0.3) is 0 Å². The highest BCUT2D eigenvalue weighted by molar-refractivity contribution is 5.26. The van der Waals surface area contributed by atoms with Gasteiger partial charge in [0.1, 0.15) is 0 Å². The molecule has 0 atom stereocenters. The third-order valence-electron chi connectivity index (χ3n) is 1.88. The van der Waals surface area contributed by atoms with Gasteiger partial charge in [0.15, 0.2) is 0 Å². The smallest absolute Gasteiger partial charge is 0.0305 e. The zero-order valence-electron chi connectivity index (χ0n) is 8.14. The number of hydrogen-bond acceptors (Lipinski definition) is 0. The van der Waals surface area contributed by atoms with Crippen LogP contribution >= 0.6 is 0 Å². The zero-order valence-corrected chi connectivity index (χ0v) is 8.14. The highest BCUT2D eigenvalue weighted by Gasteiger charge is 1.93. The van der Waals surface area contributed by atoms with Gasteiger partial charge in [-0.2, -0.15) is 0 Å². The Morgan fingerprint density at radius 3 is 1.50 bits per heavy atom. The van der Waals surface area contributed by atoms with Crippen LogP contribution in [0.4, 0.5) is 0 Å². The summed E-state index contributed by atoms with van der Waals surface area (Å²) in [6.45, 7) is 10.4. The van der Waals surface area contributed by atoms with E-state index in [0.717, 1.165) is 12.8 Å². The van der Waals surface area contributed by atoms with E-state index in [4.69, 9.17) is 0 Å². The Labute approximate surface area is 75.9 Å². The van der Waals surface area contributed by atoms with E-state index < -0.39 is 0 Å². The molecule has 0 aliphatic rings. The minimum Gasteiger partial charge on any atom is -0.106 e. The Morgan fingerprint density at radius 2 is 1.25 bits per heavy atom. The molecule has 0 saturated heterocycles. The maximum absolute atomic E-state index is 3.00. The summed E-state index contributed by atoms with van der Waals surface area (Å²) in [7, 11) is 0. The van der Waals surface area contributed by atoms with Crippen molar-refractivity contribution >= 4 is 0 Å². The number of rotatable bonds is 2. The van der Waals surface area contributed by atoms with Gasteiger partial charge in [0.2, 0.25) is 0 Å². The van der Waals surface area contributed by atoms with Gasteiger partial charge in [-0.1, -0.05) is 38.1 Å². The average Bonchev–Trinajstić information content (AvgIpc) is 2.20. The van der Waals surface area contributed by atoms with Gasteiger partial charge in [-0.05, 0) is 24.0 Å². The molecule has 0 nitrogen and oxygen atoms in total. The van der Waals surface area contributed by atoms with Crippen molar-refractivity contribution in [2.45, 2.75) is 26.7 Å². The second-order valence-electron chi connectivity index (χ2n) is 2.48. The lowest BCUT2D eigenvalue weighted by atomic mass is 10.0. The van der Waals surface area contributed by atoms with Crippen molar-refractivity contribution in [2.24, 2.45) is 0 Å². The first-order valence-electron chi connectivity index (χ1n) is 4.45. The first kappa shape index (κ1) is 11.0. The zero-order chi connectivity index (χ0) is 9.40. The lowest BCUT2D eigenvalue weighted by Crippen LogP contribution is -1.88. The van der Waals surface area contributed by atoms with Gasteiger partial charge < -0.3 is 0 Å². The molecule has 66 valence electrons. The van der Waals surface area contributed by atoms with E-state index in [2.05, 4.69) is 51.3 Å². The lowest BCUT2D eigenvalue weighted by Gasteiger charge is -2.02. The molecule has 1 aromatic carbocycles. The summed E-state index contributed by atoms with van der Waals surface area (Å²) in [6, 6.07) is 8.63. The Morgan fingerprint density at radius 1 is 0.917 bits per heavy atom. The normalized spacial score (nSPS) is 8.50. The number of benzene rings is 1. The SMILES string of the molecule is C=C.CCc1ccccc1CC. The molecule has 0 spiro atoms. The van der Waals surface area contributed by atoms with Crippen LogP contribution in [0.5, 0.6) is 0 Å². The highest BCUT2D eigenvalue weighted by Crippen LogP contribution is 2.08. The minimum atomic E-state index is 1.16. The number of aryl methyl sites for hydroxylation is 2. The first-order chi connectivity index (χ1) is 5.88. The van der Waals surface area contributed by atoms with E-state index in [1.807, 2.05) is 0 Å². The van der Waals surface area contributed by atoms with Crippen LogP contribution in [-0.4, -0.2) is 0 Å². The molecule has 0 unspecified atom stereocenters. The summed E-state index contributed by atoms with van der Waals surface area (Å²) in [6.07, 6.45) is 2.31. The fourth-order valence-corrected chi connectivity index (χ4v) is 1.25. The minimum absolute atomic E-state index is 1.16. The summed E-state index contributed by atoms with van der Waals surface area (Å²) in [4.78, 5) is 0. The summed E-state index contributed by atoms with van der Waals surface area (Å²) in [5.74, 6) is 0. The molecule has 0 radical (unpaired) electrons. The second kappa shape index (κ2) is 6.66. The fourth-order valence-electron chi connectivity index (χ4n) is 1.25. The molecule has 0 aliphatic heterocycles. The summed E-state index contributed by atoms with van der Waals surface area (Å²) in [5, 5.41) is 0. The monoisotopic (exact) mass is 162 g/mol. The Balaban J connectivity index is 0.000000561. The highest BCUT2D eigenvalue weighted by atomic mass is 14.0. The first-order valence-corrected chi connectivity index (χ1v) is 4.45. The molecule has 0 heterocycles. The molecule has 1 rings (SSSR count). The molecule has 0 aliphatic carbocycles. The molecule has 0 bridgehead atoms. The van der Waals surface area contributed by atoms with Crippen LogP contribution in [-0.2, 0) is 12.8 Å². The van der Waals surface area contributed by atoms with Gasteiger partial charge in [-0.3, -0.25) is 0 Å². The van der Waals surface area contributed by atoms with Crippen molar-refractivity contribution < 1.29 is 0 Å². The Hall–Kier alpha value is -1.04. The molecule has 12 heavy (non-hydrogen) atoms. The van der Waals surface area contributed by atoms with E-state index in [1.54, 1.807) is 0 Å². The van der Waals surface area contributed by atoms with Crippen molar-refractivity contribution in [3.05, 3.63) is 48.6 Å². The average molecular weight is 162 g/mol. The van der Waals surface area contributed by atoms with Gasteiger partial charge in [-0.25, -0.2) is 0 Å². The molecular formula is C12H18. The van der Waals surface area contributed by atoms with Gasteiger partial charge in [-0.15, -0.1) is 13.2 Å². The van der Waals surface area contributed by atoms with Crippen LogP contribution in [0.3, 0.4) is 0 Å². The van der Waals surface area contributed by atoms with Crippen LogP contribution in [0, 0.1) is 0 Å². The Kier molecular flexibility index (Phi) is 6.08. The topological polar surface area (TPSA) is 0 Å². The summed E-state index contributed by atoms with van der Waals surface area (Å²) >= 11 is 0. The van der Waals surface area contributed by atoms with E-state index in [0.29, 0.717) is 0 Å². The van der Waals surface area contributed by atoms with Crippen molar-refractivity contribution in [2.75, 3.05) is 0 Å². The molecule has 0 N–H and O–H groups in total. The van der Waals surface area contributed by atoms with E-state index in [9.17, 15) is 0 Å². The van der Waals surface area contributed by atoms with Crippen LogP contribution in [0.25, 0.3) is 0 Å². The number of hydrogen-bond donors (Lipinski definition) is 0. The van der Waals surface area contributed by atoms with E-state index >= 15 is 0 Å². The van der Waals surface area contributed by atoms with Gasteiger partial charge in [0, 0.05) is 0 Å². The van der Waals surface area contributed by atoms with Crippen molar-refractivity contribution in [1.82, 2.24) is 0 Å². The lowest BCUT2D eigenvalue weighted by molar-refractivity contribution is 1.04. The molecule has 0 heteroatoms. The third-order valence-corrected chi connectivity index (χ3v) is 1.88. The molecule has 0 amide bonds. The molecule has 0 saturated carbocycles. The van der Waals surface area contributed by atoms with Crippen LogP contribution in [0.2, 0.25) is 0 Å². The van der Waals surface area contributed by atoms with Crippen molar-refractivity contribution in [3.63, 3.8) is 0 Å². The largest absolute Gasteiger partial charge is 0.106 e. The maximum Gasteiger partial charge on any atom is -0.0305 e. The van der Waals surface area contributed by atoms with Crippen LogP contribution in [0.15, 0.2) is 37.4 Å². The van der Waals surface area contributed by atoms with Gasteiger partial charge >= 0.3 is 0 Å². The van der Waals surface area contributed by atoms with Crippen LogP contribution < -0.4 is 0 Å². The van der Waals surface area contributed by atoms with E-state index in [-0.39, 0.29) is 0 Å². The van der Waals surface area contributed by atoms with Crippen molar-refractivity contribution in [1.29, 1.82) is 0 Å². The van der Waals surface area contributed by atoms with Crippen LogP contribution in [0.1, 0.15) is 25.0 Å². The quantitative estimate of drug-likeness (QED) is 0.583. The predicted octanol–water partition coefficient (Wildman–Crippen LogP) is 3.61. The van der Waals surface area contributed by atoms with E-state index in [1.165, 1.54) is 11.1 Å². The molecule has 1 aromatic rings. The molecular weight excluding hydrogens is 144 g/mol.